The summed E-state index contributed by atoms with van der Waals surface area (Å²) in [6.07, 6.45) is -1.52. The Hall–Kier alpha value is -0.960. The Balaban J connectivity index is 2.00. The van der Waals surface area contributed by atoms with E-state index >= 15 is 0 Å². The molecular formula is C12H17N4O4PS. The molecule has 3 rings (SSSR count). The van der Waals surface area contributed by atoms with E-state index in [1.54, 1.807) is 23.6 Å². The van der Waals surface area contributed by atoms with Crippen molar-refractivity contribution in [3.63, 3.8) is 0 Å². The van der Waals surface area contributed by atoms with Gasteiger partial charge in [0.05, 0.1) is 20.3 Å². The molecule has 1 saturated heterocycles. The van der Waals surface area contributed by atoms with Gasteiger partial charge in [0.25, 0.3) is 0 Å². The number of fused-ring (bicyclic) bond motifs is 1. The number of aliphatic hydroxyl groups excluding tert-OH is 2. The van der Waals surface area contributed by atoms with Crippen molar-refractivity contribution in [2.75, 3.05) is 12.3 Å². The molecule has 0 aliphatic carbocycles. The van der Waals surface area contributed by atoms with Gasteiger partial charge in [-0.2, -0.15) is 5.10 Å². The van der Waals surface area contributed by atoms with Crippen LogP contribution in [-0.2, 0) is 14.9 Å². The zero-order valence-corrected chi connectivity index (χ0v) is 13.6. The molecule has 0 radical (unpaired) electrons. The number of anilines is 1. The van der Waals surface area contributed by atoms with Crippen molar-refractivity contribution in [1.82, 2.24) is 14.6 Å². The summed E-state index contributed by atoms with van der Waals surface area (Å²) in [5.41, 5.74) is 5.87. The standard InChI is InChI=1S/C12H17N4O4PS/c1-12(10(18)9(17)7(20-12)4-19-21-22)8-3-2-6-11(13)14-5-15-16(6)8/h2-3,5,7,9-10,17-18,21-22H,4H2,1H3,(H2,13,14,15)/t7-,9-,10-,12+/m1/s1. The molecule has 22 heavy (non-hydrogen) atoms. The van der Waals surface area contributed by atoms with Crippen LogP contribution in [0.1, 0.15) is 12.6 Å². The van der Waals surface area contributed by atoms with Gasteiger partial charge in [-0.05, 0) is 19.1 Å². The van der Waals surface area contributed by atoms with Crippen LogP contribution < -0.4 is 5.73 Å². The van der Waals surface area contributed by atoms with Crippen LogP contribution in [-0.4, -0.2) is 49.7 Å². The Bertz CT molecular complexity index is 686. The lowest BCUT2D eigenvalue weighted by Gasteiger charge is -2.27. The highest BCUT2D eigenvalue weighted by Gasteiger charge is 2.53. The van der Waals surface area contributed by atoms with Gasteiger partial charge in [-0.25, -0.2) is 9.50 Å². The number of nitrogens with zero attached hydrogens (tertiary/aromatic N) is 3. The van der Waals surface area contributed by atoms with Crippen molar-refractivity contribution >= 4 is 31.6 Å². The lowest BCUT2D eigenvalue weighted by atomic mass is 9.93. The minimum atomic E-state index is -1.14. The number of aliphatic hydroxyl groups is 2. The lowest BCUT2D eigenvalue weighted by Crippen LogP contribution is -2.39. The number of hydrogen-bond donors (Lipinski definition) is 4. The SMILES string of the molecule is C[C@@]1(c2ccc3c(N)ncnn23)O[C@H](COPS)[C@@H](O)[C@H]1O. The minimum Gasteiger partial charge on any atom is -0.387 e. The van der Waals surface area contributed by atoms with Crippen LogP contribution >= 0.6 is 20.3 Å². The Kier molecular flexibility index (Phi) is 4.28. The fourth-order valence-corrected chi connectivity index (χ4v) is 3.24. The van der Waals surface area contributed by atoms with Crippen molar-refractivity contribution in [2.45, 2.75) is 30.8 Å². The Morgan fingerprint density at radius 3 is 3.05 bits per heavy atom. The molecule has 0 spiro atoms. The Labute approximate surface area is 133 Å². The molecule has 10 heteroatoms. The van der Waals surface area contributed by atoms with Gasteiger partial charge in [-0.15, -0.1) is 12.2 Å². The third-order valence-corrected chi connectivity index (χ3v) is 4.65. The second-order valence-corrected chi connectivity index (χ2v) is 6.28. The normalized spacial score (nSPS) is 32.5. The summed E-state index contributed by atoms with van der Waals surface area (Å²) in [6, 6.07) is 3.50. The first-order valence-corrected chi connectivity index (χ1v) is 8.82. The van der Waals surface area contributed by atoms with Crippen molar-refractivity contribution in [3.05, 3.63) is 24.2 Å². The van der Waals surface area contributed by atoms with E-state index in [9.17, 15) is 10.2 Å². The van der Waals surface area contributed by atoms with E-state index in [0.717, 1.165) is 0 Å². The van der Waals surface area contributed by atoms with Gasteiger partial charge in [0.1, 0.15) is 35.8 Å². The highest BCUT2D eigenvalue weighted by atomic mass is 32.7. The third-order valence-electron chi connectivity index (χ3n) is 3.97. The second kappa shape index (κ2) is 5.92. The highest BCUT2D eigenvalue weighted by molar-refractivity contribution is 8.36. The highest BCUT2D eigenvalue weighted by Crippen LogP contribution is 2.40. The van der Waals surface area contributed by atoms with Crippen LogP contribution in [0.15, 0.2) is 18.5 Å². The van der Waals surface area contributed by atoms with Crippen LogP contribution in [0.25, 0.3) is 5.52 Å². The molecule has 3 heterocycles. The monoisotopic (exact) mass is 344 g/mol. The molecule has 0 amide bonds. The van der Waals surface area contributed by atoms with Crippen LogP contribution in [0.4, 0.5) is 5.82 Å². The van der Waals surface area contributed by atoms with E-state index in [-0.39, 0.29) is 14.6 Å². The molecule has 1 unspecified atom stereocenters. The van der Waals surface area contributed by atoms with E-state index in [1.165, 1.54) is 6.33 Å². The summed E-state index contributed by atoms with van der Waals surface area (Å²) in [6.45, 7) is 1.85. The first-order chi connectivity index (χ1) is 10.5. The molecule has 0 saturated carbocycles. The van der Waals surface area contributed by atoms with E-state index in [1.807, 2.05) is 0 Å². The zero-order chi connectivity index (χ0) is 15.9. The largest absolute Gasteiger partial charge is 0.387 e. The summed E-state index contributed by atoms with van der Waals surface area (Å²) in [5.74, 6) is 0.328. The average Bonchev–Trinajstić information content (AvgIpc) is 3.03. The van der Waals surface area contributed by atoms with Crippen LogP contribution in [0.5, 0.6) is 0 Å². The molecule has 0 bridgehead atoms. The fraction of sp³-hybridized carbons (Fsp3) is 0.500. The van der Waals surface area contributed by atoms with Crippen molar-refractivity contribution in [1.29, 1.82) is 0 Å². The summed E-state index contributed by atoms with van der Waals surface area (Å²) in [5, 5.41) is 24.8. The smallest absolute Gasteiger partial charge is 0.151 e. The lowest BCUT2D eigenvalue weighted by molar-refractivity contribution is -0.0856. The maximum atomic E-state index is 10.5. The van der Waals surface area contributed by atoms with Crippen molar-refractivity contribution in [2.24, 2.45) is 0 Å². The number of ether oxygens (including phenoxy) is 1. The molecule has 5 atom stereocenters. The summed E-state index contributed by atoms with van der Waals surface area (Å²) in [4.78, 5) is 3.92. The van der Waals surface area contributed by atoms with Gasteiger partial charge in [-0.1, -0.05) is 0 Å². The fourth-order valence-electron chi connectivity index (χ4n) is 2.78. The number of rotatable bonds is 4. The minimum absolute atomic E-state index is 0.0170. The van der Waals surface area contributed by atoms with Crippen molar-refractivity contribution in [3.8, 4) is 0 Å². The summed E-state index contributed by atoms with van der Waals surface area (Å²) in [7, 11) is -0.0170. The van der Waals surface area contributed by atoms with Gasteiger partial charge < -0.3 is 25.2 Å². The molecule has 120 valence electrons. The van der Waals surface area contributed by atoms with E-state index in [2.05, 4.69) is 22.3 Å². The molecule has 0 aromatic carbocycles. The van der Waals surface area contributed by atoms with Gasteiger partial charge in [0.2, 0.25) is 0 Å². The number of thiol groups is 1. The molecular weight excluding hydrogens is 327 g/mol. The maximum Gasteiger partial charge on any atom is 0.151 e. The Morgan fingerprint density at radius 2 is 2.32 bits per heavy atom. The summed E-state index contributed by atoms with van der Waals surface area (Å²) >= 11 is 3.98. The second-order valence-electron chi connectivity index (χ2n) is 5.26. The van der Waals surface area contributed by atoms with E-state index < -0.39 is 23.9 Å². The molecule has 1 aliphatic heterocycles. The predicted octanol–water partition coefficient (Wildman–Crippen LogP) is 0.102. The molecule has 4 N–H and O–H groups in total. The summed E-state index contributed by atoms with van der Waals surface area (Å²) < 4.78 is 12.6. The number of hydrogen-bond acceptors (Lipinski definition) is 8. The van der Waals surface area contributed by atoms with Gasteiger partial charge in [-0.3, -0.25) is 0 Å². The molecule has 1 aliphatic rings. The number of aromatic nitrogens is 3. The van der Waals surface area contributed by atoms with E-state index in [4.69, 9.17) is 15.0 Å². The van der Waals surface area contributed by atoms with Crippen molar-refractivity contribution < 1.29 is 19.5 Å². The molecule has 2 aromatic heterocycles. The quantitative estimate of drug-likeness (QED) is 0.459. The topological polar surface area (TPSA) is 115 Å². The van der Waals surface area contributed by atoms with Crippen LogP contribution in [0.3, 0.4) is 0 Å². The zero-order valence-electron chi connectivity index (χ0n) is 11.7. The number of nitrogen functional groups attached to an aromatic ring is 1. The molecule has 1 fully saturated rings. The molecule has 2 aromatic rings. The Morgan fingerprint density at radius 1 is 1.55 bits per heavy atom. The molecule has 8 nitrogen and oxygen atoms in total. The number of nitrogens with two attached hydrogens (primary N) is 1. The van der Waals surface area contributed by atoms with Gasteiger partial charge in [0.15, 0.2) is 5.82 Å². The predicted molar refractivity (Wildman–Crippen MR) is 84.9 cm³/mol. The van der Waals surface area contributed by atoms with Gasteiger partial charge in [0, 0.05) is 0 Å². The third kappa shape index (κ3) is 2.38. The average molecular weight is 344 g/mol. The first kappa shape index (κ1) is 15.9. The van der Waals surface area contributed by atoms with E-state index in [0.29, 0.717) is 17.0 Å². The first-order valence-electron chi connectivity index (χ1n) is 6.62. The van der Waals surface area contributed by atoms with Crippen LogP contribution in [0, 0.1) is 0 Å². The van der Waals surface area contributed by atoms with Crippen LogP contribution in [0.2, 0.25) is 0 Å². The van der Waals surface area contributed by atoms with Gasteiger partial charge >= 0.3 is 0 Å². The maximum absolute atomic E-state index is 10.5.